The Hall–Kier alpha value is -2.30. The monoisotopic (exact) mass is 299 g/mol. The first kappa shape index (κ1) is 16.1. The molecule has 1 aromatic heterocycles. The van der Waals surface area contributed by atoms with Crippen LogP contribution in [0.2, 0.25) is 0 Å². The molecule has 0 saturated carbocycles. The molecular formula is C17H25N5. The Balaban J connectivity index is 1.79. The standard InChI is InChI=1S/C17H25N5/c1-3-19-17(20-8-5-10-22-11-9-18-14-22)21-13-16-7-4-6-15(2)12-16/h4,6-7,9,11-12,14H,3,5,8,10,13H2,1-2H3,(H2,19,20,21). The smallest absolute Gasteiger partial charge is 0.191 e. The van der Waals surface area contributed by atoms with Gasteiger partial charge in [0.15, 0.2) is 5.96 Å². The number of hydrogen-bond donors (Lipinski definition) is 2. The molecule has 0 fully saturated rings. The van der Waals surface area contributed by atoms with Crippen molar-refractivity contribution in [2.24, 2.45) is 4.99 Å². The molecule has 0 saturated heterocycles. The molecule has 0 aliphatic rings. The van der Waals surface area contributed by atoms with Crippen LogP contribution < -0.4 is 10.6 Å². The molecule has 0 radical (unpaired) electrons. The second kappa shape index (κ2) is 8.87. The van der Waals surface area contributed by atoms with Crippen LogP contribution in [0.1, 0.15) is 24.5 Å². The molecule has 1 aromatic carbocycles. The summed E-state index contributed by atoms with van der Waals surface area (Å²) >= 11 is 0. The summed E-state index contributed by atoms with van der Waals surface area (Å²) in [6, 6.07) is 8.46. The molecule has 22 heavy (non-hydrogen) atoms. The van der Waals surface area contributed by atoms with Crippen LogP contribution in [0.15, 0.2) is 48.0 Å². The highest BCUT2D eigenvalue weighted by Crippen LogP contribution is 2.04. The van der Waals surface area contributed by atoms with Crippen LogP contribution in [-0.4, -0.2) is 28.6 Å². The zero-order chi connectivity index (χ0) is 15.6. The molecule has 0 bridgehead atoms. The van der Waals surface area contributed by atoms with E-state index in [-0.39, 0.29) is 0 Å². The highest BCUT2D eigenvalue weighted by atomic mass is 15.2. The van der Waals surface area contributed by atoms with Crippen molar-refractivity contribution in [3.63, 3.8) is 0 Å². The van der Waals surface area contributed by atoms with Crippen molar-refractivity contribution in [2.45, 2.75) is 33.4 Å². The number of rotatable bonds is 7. The second-order valence-electron chi connectivity index (χ2n) is 5.27. The van der Waals surface area contributed by atoms with Gasteiger partial charge in [0.05, 0.1) is 12.9 Å². The summed E-state index contributed by atoms with van der Waals surface area (Å²) < 4.78 is 2.08. The van der Waals surface area contributed by atoms with Crippen LogP contribution in [0.3, 0.4) is 0 Å². The maximum Gasteiger partial charge on any atom is 0.191 e. The zero-order valence-electron chi connectivity index (χ0n) is 13.4. The minimum atomic E-state index is 0.693. The molecule has 5 heteroatoms. The molecule has 2 N–H and O–H groups in total. The van der Waals surface area contributed by atoms with Gasteiger partial charge in [-0.1, -0.05) is 29.8 Å². The fourth-order valence-corrected chi connectivity index (χ4v) is 2.21. The van der Waals surface area contributed by atoms with E-state index in [0.29, 0.717) is 6.54 Å². The molecule has 1 heterocycles. The van der Waals surface area contributed by atoms with Crippen LogP contribution in [0.5, 0.6) is 0 Å². The van der Waals surface area contributed by atoms with Crippen LogP contribution in [0, 0.1) is 6.92 Å². The van der Waals surface area contributed by atoms with E-state index in [1.165, 1.54) is 11.1 Å². The van der Waals surface area contributed by atoms with Crippen LogP contribution in [-0.2, 0) is 13.1 Å². The number of hydrogen-bond acceptors (Lipinski definition) is 2. The molecule has 0 aliphatic heterocycles. The van der Waals surface area contributed by atoms with Crippen LogP contribution >= 0.6 is 0 Å². The topological polar surface area (TPSA) is 54.2 Å². The van der Waals surface area contributed by atoms with Gasteiger partial charge in [0.1, 0.15) is 0 Å². The Bertz CT molecular complexity index is 574. The van der Waals surface area contributed by atoms with Crippen molar-refractivity contribution in [1.29, 1.82) is 0 Å². The second-order valence-corrected chi connectivity index (χ2v) is 5.27. The molecule has 0 spiro atoms. The number of aromatic nitrogens is 2. The number of aryl methyl sites for hydroxylation is 2. The third-order valence-corrected chi connectivity index (χ3v) is 3.29. The molecule has 118 valence electrons. The van der Waals surface area contributed by atoms with Crippen molar-refractivity contribution in [1.82, 2.24) is 20.2 Å². The molecule has 5 nitrogen and oxygen atoms in total. The van der Waals surface area contributed by atoms with Crippen molar-refractivity contribution in [3.8, 4) is 0 Å². The van der Waals surface area contributed by atoms with Gasteiger partial charge in [-0.3, -0.25) is 0 Å². The normalized spacial score (nSPS) is 11.5. The lowest BCUT2D eigenvalue weighted by molar-refractivity contribution is 0.624. The van der Waals surface area contributed by atoms with E-state index < -0.39 is 0 Å². The Morgan fingerprint density at radius 3 is 2.95 bits per heavy atom. The summed E-state index contributed by atoms with van der Waals surface area (Å²) in [4.78, 5) is 8.68. The predicted octanol–water partition coefficient (Wildman–Crippen LogP) is 2.34. The number of nitrogens with zero attached hydrogens (tertiary/aromatic N) is 3. The average molecular weight is 299 g/mol. The highest BCUT2D eigenvalue weighted by Gasteiger charge is 1.98. The summed E-state index contributed by atoms with van der Waals surface area (Å²) in [6.45, 7) is 7.59. The van der Waals surface area contributed by atoms with Gasteiger partial charge in [-0.05, 0) is 25.8 Å². The minimum Gasteiger partial charge on any atom is -0.357 e. The van der Waals surface area contributed by atoms with Gasteiger partial charge in [0.2, 0.25) is 0 Å². The molecule has 2 aromatic rings. The fraction of sp³-hybridized carbons (Fsp3) is 0.412. The summed E-state index contributed by atoms with van der Waals surface area (Å²) in [5, 5.41) is 6.65. The zero-order valence-corrected chi connectivity index (χ0v) is 13.4. The summed E-state index contributed by atoms with van der Waals surface area (Å²) in [5.41, 5.74) is 2.50. The summed E-state index contributed by atoms with van der Waals surface area (Å²) in [7, 11) is 0. The maximum absolute atomic E-state index is 4.63. The molecule has 0 amide bonds. The summed E-state index contributed by atoms with van der Waals surface area (Å²) in [6.07, 6.45) is 6.67. The quantitative estimate of drug-likeness (QED) is 0.469. The van der Waals surface area contributed by atoms with Gasteiger partial charge in [-0.15, -0.1) is 0 Å². The van der Waals surface area contributed by atoms with E-state index in [1.807, 2.05) is 12.5 Å². The largest absolute Gasteiger partial charge is 0.357 e. The lowest BCUT2D eigenvalue weighted by Crippen LogP contribution is -2.38. The molecular weight excluding hydrogens is 274 g/mol. The van der Waals surface area contributed by atoms with Crippen LogP contribution in [0.25, 0.3) is 0 Å². The Labute approximate surface area is 132 Å². The third kappa shape index (κ3) is 5.60. The van der Waals surface area contributed by atoms with Crippen molar-refractivity contribution in [2.75, 3.05) is 13.1 Å². The van der Waals surface area contributed by atoms with E-state index in [0.717, 1.165) is 32.0 Å². The highest BCUT2D eigenvalue weighted by molar-refractivity contribution is 5.79. The molecule has 0 aliphatic carbocycles. The fourth-order valence-electron chi connectivity index (χ4n) is 2.21. The third-order valence-electron chi connectivity index (χ3n) is 3.29. The predicted molar refractivity (Wildman–Crippen MR) is 90.8 cm³/mol. The Kier molecular flexibility index (Phi) is 6.48. The first-order valence-corrected chi connectivity index (χ1v) is 7.81. The number of benzene rings is 1. The van der Waals surface area contributed by atoms with Crippen LogP contribution in [0.4, 0.5) is 0 Å². The van der Waals surface area contributed by atoms with Crippen molar-refractivity contribution < 1.29 is 0 Å². The van der Waals surface area contributed by atoms with Gasteiger partial charge >= 0.3 is 0 Å². The van der Waals surface area contributed by atoms with E-state index in [1.54, 1.807) is 6.20 Å². The summed E-state index contributed by atoms with van der Waals surface area (Å²) in [5.74, 6) is 0.870. The number of nitrogens with one attached hydrogen (secondary N) is 2. The first-order valence-electron chi connectivity index (χ1n) is 7.81. The first-order chi connectivity index (χ1) is 10.8. The molecule has 2 rings (SSSR count). The van der Waals surface area contributed by atoms with Crippen molar-refractivity contribution >= 4 is 5.96 Å². The van der Waals surface area contributed by atoms with E-state index >= 15 is 0 Å². The number of imidazole rings is 1. The minimum absolute atomic E-state index is 0.693. The van der Waals surface area contributed by atoms with E-state index in [2.05, 4.69) is 63.3 Å². The van der Waals surface area contributed by atoms with Crippen molar-refractivity contribution in [3.05, 3.63) is 54.1 Å². The van der Waals surface area contributed by atoms with Gasteiger partial charge in [0.25, 0.3) is 0 Å². The SMILES string of the molecule is CCNC(=NCc1cccc(C)c1)NCCCn1ccnc1. The lowest BCUT2D eigenvalue weighted by Gasteiger charge is -2.11. The van der Waals surface area contributed by atoms with Gasteiger partial charge in [-0.2, -0.15) is 0 Å². The van der Waals surface area contributed by atoms with Gasteiger partial charge in [-0.25, -0.2) is 9.98 Å². The average Bonchev–Trinajstić information content (AvgIpc) is 3.02. The number of guanidine groups is 1. The molecule has 0 atom stereocenters. The van der Waals surface area contributed by atoms with Gasteiger partial charge < -0.3 is 15.2 Å². The van der Waals surface area contributed by atoms with E-state index in [9.17, 15) is 0 Å². The Morgan fingerprint density at radius 2 is 2.23 bits per heavy atom. The Morgan fingerprint density at radius 1 is 1.32 bits per heavy atom. The molecule has 0 unspecified atom stereocenters. The lowest BCUT2D eigenvalue weighted by atomic mass is 10.1. The number of aliphatic imine (C=N–C) groups is 1. The maximum atomic E-state index is 4.63. The van der Waals surface area contributed by atoms with E-state index in [4.69, 9.17) is 0 Å². The van der Waals surface area contributed by atoms with Gasteiger partial charge in [0, 0.05) is 32.0 Å².